The van der Waals surface area contributed by atoms with Crippen molar-refractivity contribution in [3.05, 3.63) is 28.5 Å². The Morgan fingerprint density at radius 1 is 1.22 bits per heavy atom. The molecule has 0 aromatic carbocycles. The predicted octanol–water partition coefficient (Wildman–Crippen LogP) is 1.25. The van der Waals surface area contributed by atoms with Crippen molar-refractivity contribution in [1.82, 2.24) is 4.90 Å². The van der Waals surface area contributed by atoms with E-state index in [1.54, 1.807) is 11.3 Å². The summed E-state index contributed by atoms with van der Waals surface area (Å²) in [6, 6.07) is 4.18. The van der Waals surface area contributed by atoms with Gasteiger partial charge < -0.3 is 25.3 Å². The number of carbonyl (C=O) groups is 3. The molecule has 0 atom stereocenters. The molecule has 1 aliphatic heterocycles. The van der Waals surface area contributed by atoms with E-state index in [9.17, 15) is 14.4 Å². The van der Waals surface area contributed by atoms with E-state index in [1.165, 1.54) is 11.3 Å². The third-order valence-corrected chi connectivity index (χ3v) is 4.38. The molecule has 0 fully saturated rings. The highest BCUT2D eigenvalue weighted by Gasteiger charge is 2.40. The monoisotopic (exact) mass is 398 g/mol. The van der Waals surface area contributed by atoms with Crippen LogP contribution in [0.5, 0.6) is 0 Å². The van der Waals surface area contributed by atoms with Crippen LogP contribution in [0.3, 0.4) is 0 Å². The molecule has 27 heavy (non-hydrogen) atoms. The molecule has 0 spiro atoms. The maximum atomic E-state index is 10.3. The molecule has 2 heterocycles. The van der Waals surface area contributed by atoms with Gasteiger partial charge in [0, 0.05) is 25.0 Å². The Morgan fingerprint density at radius 2 is 1.85 bits per heavy atom. The number of nitrogens with zero attached hydrogens (tertiary/aromatic N) is 2. The summed E-state index contributed by atoms with van der Waals surface area (Å²) >= 11 is 1.75. The van der Waals surface area contributed by atoms with Gasteiger partial charge in [0.15, 0.2) is 5.60 Å². The molecule has 148 valence electrons. The highest BCUT2D eigenvalue weighted by Crippen LogP contribution is 2.15. The van der Waals surface area contributed by atoms with E-state index in [0.717, 1.165) is 18.9 Å². The minimum atomic E-state index is -2.74. The van der Waals surface area contributed by atoms with Crippen molar-refractivity contribution in [3.8, 4) is 0 Å². The van der Waals surface area contributed by atoms with E-state index in [1.807, 2.05) is 0 Å². The number of hydrogen-bond acceptors (Lipinski definition) is 7. The number of carboxylic acid groups (broad SMARTS) is 3. The average Bonchev–Trinajstić information content (AvgIpc) is 3.06. The number of aliphatic imine (C=N–C) groups is 1. The fourth-order valence-electron chi connectivity index (χ4n) is 2.17. The van der Waals surface area contributed by atoms with Gasteiger partial charge in [0.05, 0.1) is 12.8 Å². The van der Waals surface area contributed by atoms with E-state index in [0.29, 0.717) is 0 Å². The Balaban J connectivity index is 0.000000271. The average molecular weight is 398 g/mol. The summed E-state index contributed by atoms with van der Waals surface area (Å²) in [7, 11) is 2.09. The van der Waals surface area contributed by atoms with E-state index >= 15 is 0 Å². The van der Waals surface area contributed by atoms with Crippen molar-refractivity contribution in [3.63, 3.8) is 0 Å². The minimum absolute atomic E-state index is 0.967. The Hall–Kier alpha value is -2.72. The smallest absolute Gasteiger partial charge is 0.336 e. The summed E-state index contributed by atoms with van der Waals surface area (Å²) in [6.45, 7) is 2.09. The zero-order chi connectivity index (χ0) is 20.4. The highest BCUT2D eigenvalue weighted by molar-refractivity contribution is 7.10. The number of aliphatic carboxylic acids is 3. The lowest BCUT2D eigenvalue weighted by atomic mass is 9.96. The minimum Gasteiger partial charge on any atom is -0.481 e. The third kappa shape index (κ3) is 8.01. The highest BCUT2D eigenvalue weighted by atomic mass is 32.1. The number of hydrogen-bond donors (Lipinski definition) is 4. The van der Waals surface area contributed by atoms with Crippen LogP contribution in [-0.2, 0) is 14.4 Å². The van der Waals surface area contributed by atoms with Gasteiger partial charge in [0.25, 0.3) is 0 Å². The van der Waals surface area contributed by atoms with Gasteiger partial charge in [-0.05, 0) is 30.0 Å². The zero-order valence-corrected chi connectivity index (χ0v) is 15.6. The van der Waals surface area contributed by atoms with E-state index in [2.05, 4.69) is 46.6 Å². The Labute approximate surface area is 159 Å². The lowest BCUT2D eigenvalue weighted by Crippen LogP contribution is -2.42. The van der Waals surface area contributed by atoms with E-state index in [-0.39, 0.29) is 0 Å². The molecule has 9 nitrogen and oxygen atoms in total. The molecule has 0 aliphatic carbocycles. The number of amidine groups is 1. The lowest BCUT2D eigenvalue weighted by Gasteiger charge is -2.22. The molecule has 0 amide bonds. The SMILES string of the molecule is CN1CCCN=C1/C=C/c1cccs1.O=C(O)CC(O)(CC(=O)O)C(=O)O. The Kier molecular flexibility index (Phi) is 8.63. The largest absolute Gasteiger partial charge is 0.481 e. The van der Waals surface area contributed by atoms with Gasteiger partial charge in [-0.3, -0.25) is 14.6 Å². The van der Waals surface area contributed by atoms with Crippen LogP contribution in [-0.4, -0.2) is 74.8 Å². The molecule has 0 saturated heterocycles. The molecule has 0 unspecified atom stereocenters. The number of rotatable bonds is 7. The van der Waals surface area contributed by atoms with Gasteiger partial charge in [-0.2, -0.15) is 0 Å². The summed E-state index contributed by atoms with van der Waals surface area (Å²) < 4.78 is 0. The van der Waals surface area contributed by atoms with Crippen molar-refractivity contribution >= 4 is 41.2 Å². The van der Waals surface area contributed by atoms with E-state index < -0.39 is 36.4 Å². The van der Waals surface area contributed by atoms with Crippen molar-refractivity contribution in [2.45, 2.75) is 24.9 Å². The van der Waals surface area contributed by atoms with Gasteiger partial charge in [-0.25, -0.2) is 4.79 Å². The zero-order valence-electron chi connectivity index (χ0n) is 14.7. The second kappa shape index (κ2) is 10.4. The number of thiophene rings is 1. The van der Waals surface area contributed by atoms with Gasteiger partial charge in [0.1, 0.15) is 5.84 Å². The van der Waals surface area contributed by atoms with Crippen molar-refractivity contribution in [1.29, 1.82) is 0 Å². The quantitative estimate of drug-likeness (QED) is 0.536. The number of likely N-dealkylation sites (N-methyl/N-ethyl adjacent to an activating group) is 1. The molecule has 4 N–H and O–H groups in total. The van der Waals surface area contributed by atoms with Crippen LogP contribution in [0.2, 0.25) is 0 Å². The molecule has 0 bridgehead atoms. The van der Waals surface area contributed by atoms with Crippen LogP contribution < -0.4 is 0 Å². The van der Waals surface area contributed by atoms with Crippen LogP contribution in [0.4, 0.5) is 0 Å². The fraction of sp³-hybridized carbons (Fsp3) is 0.412. The van der Waals surface area contributed by atoms with Crippen LogP contribution in [0.1, 0.15) is 24.1 Å². The van der Waals surface area contributed by atoms with Gasteiger partial charge in [-0.15, -0.1) is 11.3 Å². The fourth-order valence-corrected chi connectivity index (χ4v) is 2.79. The van der Waals surface area contributed by atoms with E-state index in [4.69, 9.17) is 20.4 Å². The Bertz CT molecular complexity index is 697. The topological polar surface area (TPSA) is 148 Å². The van der Waals surface area contributed by atoms with Crippen molar-refractivity contribution in [2.24, 2.45) is 4.99 Å². The second-order valence-corrected chi connectivity index (χ2v) is 6.82. The third-order valence-electron chi connectivity index (χ3n) is 3.54. The van der Waals surface area contributed by atoms with Crippen LogP contribution in [0.25, 0.3) is 6.08 Å². The van der Waals surface area contributed by atoms with Crippen LogP contribution in [0, 0.1) is 0 Å². The summed E-state index contributed by atoms with van der Waals surface area (Å²) in [5.74, 6) is -3.92. The van der Waals surface area contributed by atoms with Gasteiger partial charge >= 0.3 is 17.9 Å². The molecular weight excluding hydrogens is 376 g/mol. The molecule has 1 aromatic heterocycles. The molecule has 2 rings (SSSR count). The lowest BCUT2D eigenvalue weighted by molar-refractivity contribution is -0.170. The molecule has 10 heteroatoms. The Morgan fingerprint density at radius 3 is 2.30 bits per heavy atom. The first kappa shape index (κ1) is 22.3. The van der Waals surface area contributed by atoms with Crippen molar-refractivity contribution in [2.75, 3.05) is 20.1 Å². The van der Waals surface area contributed by atoms with Crippen LogP contribution >= 0.6 is 11.3 Å². The maximum absolute atomic E-state index is 10.3. The normalized spacial score (nSPS) is 14.3. The maximum Gasteiger partial charge on any atom is 0.336 e. The molecule has 0 saturated carbocycles. The summed E-state index contributed by atoms with van der Waals surface area (Å²) in [6.07, 6.45) is 3.12. The predicted molar refractivity (Wildman–Crippen MR) is 100.0 cm³/mol. The standard InChI is InChI=1S/C11H14N2S.C6H8O7/c1-13-8-3-7-12-11(13)6-5-10-4-2-9-14-10;7-3(8)1-6(13,5(11)12)2-4(9)10/h2,4-6,9H,3,7-8H2,1H3;13H,1-2H2,(H,7,8)(H,9,10)(H,11,12)/b6-5+;. The summed E-state index contributed by atoms with van der Waals surface area (Å²) in [4.78, 5) is 38.4. The second-order valence-electron chi connectivity index (χ2n) is 5.84. The molecular formula is C17H22N2O7S. The first-order valence-corrected chi connectivity index (χ1v) is 8.88. The first-order chi connectivity index (χ1) is 12.6. The summed E-state index contributed by atoms with van der Waals surface area (Å²) in [5, 5.41) is 35.9. The first-order valence-electron chi connectivity index (χ1n) is 8.00. The van der Waals surface area contributed by atoms with Gasteiger partial charge in [0.2, 0.25) is 0 Å². The van der Waals surface area contributed by atoms with Gasteiger partial charge in [-0.1, -0.05) is 6.07 Å². The molecule has 0 radical (unpaired) electrons. The number of carboxylic acids is 3. The molecule has 1 aliphatic rings. The molecule has 1 aromatic rings. The summed E-state index contributed by atoms with van der Waals surface area (Å²) in [5.41, 5.74) is -2.74. The van der Waals surface area contributed by atoms with Crippen LogP contribution in [0.15, 0.2) is 28.6 Å². The number of aliphatic hydroxyl groups is 1. The van der Waals surface area contributed by atoms with Crippen molar-refractivity contribution < 1.29 is 34.8 Å².